The summed E-state index contributed by atoms with van der Waals surface area (Å²) in [6, 6.07) is 8.35. The highest BCUT2D eigenvalue weighted by atomic mass is 16.4. The predicted octanol–water partition coefficient (Wildman–Crippen LogP) is 2.00. The quantitative estimate of drug-likeness (QED) is 0.744. The third kappa shape index (κ3) is 1.46. The second-order valence-corrected chi connectivity index (χ2v) is 3.84. The van der Waals surface area contributed by atoms with Gasteiger partial charge in [-0.1, -0.05) is 6.07 Å². The molecule has 0 atom stereocenters. The van der Waals surface area contributed by atoms with E-state index in [1.54, 1.807) is 24.3 Å². The van der Waals surface area contributed by atoms with Crippen molar-refractivity contribution in [3.63, 3.8) is 0 Å². The molecule has 0 amide bonds. The van der Waals surface area contributed by atoms with Gasteiger partial charge in [-0.05, 0) is 31.2 Å². The molecule has 0 bridgehead atoms. The molecule has 1 N–H and O–H groups in total. The molecule has 6 heteroatoms. The Hall–Kier alpha value is -2.63. The number of fused-ring (bicyclic) bond motifs is 1. The fourth-order valence-corrected chi connectivity index (χ4v) is 1.82. The van der Waals surface area contributed by atoms with E-state index in [2.05, 4.69) is 10.2 Å². The Morgan fingerprint density at radius 1 is 1.28 bits per heavy atom. The summed E-state index contributed by atoms with van der Waals surface area (Å²) in [6.07, 6.45) is 0. The Labute approximate surface area is 101 Å². The highest BCUT2D eigenvalue weighted by Gasteiger charge is 2.17. The Balaban J connectivity index is 2.34. The Morgan fingerprint density at radius 2 is 2.11 bits per heavy atom. The number of hydrogen-bond donors (Lipinski definition) is 1. The van der Waals surface area contributed by atoms with Gasteiger partial charge in [0, 0.05) is 0 Å². The molecule has 0 aliphatic heterocycles. The van der Waals surface area contributed by atoms with Gasteiger partial charge in [0.25, 0.3) is 0 Å². The summed E-state index contributed by atoms with van der Waals surface area (Å²) >= 11 is 0. The maximum atomic E-state index is 11.2. The number of nitrogens with zero attached hydrogens (tertiary/aromatic N) is 3. The molecular formula is C12H9N3O3. The van der Waals surface area contributed by atoms with Crippen LogP contribution >= 0.6 is 0 Å². The molecule has 90 valence electrons. The summed E-state index contributed by atoms with van der Waals surface area (Å²) < 4.78 is 6.91. The molecule has 0 saturated heterocycles. The molecule has 0 aliphatic carbocycles. The molecular weight excluding hydrogens is 234 g/mol. The standard InChI is InChI=1S/C12H9N3O3/c1-7-5-6-9(18-7)11-14-13-10-4-2-3-8(12(16)17)15(10)11/h2-6H,1H3,(H,16,17). The van der Waals surface area contributed by atoms with Gasteiger partial charge in [-0.25, -0.2) is 4.79 Å². The van der Waals surface area contributed by atoms with Crippen molar-refractivity contribution in [2.45, 2.75) is 6.92 Å². The molecule has 18 heavy (non-hydrogen) atoms. The number of aromatic carboxylic acids is 1. The van der Waals surface area contributed by atoms with E-state index < -0.39 is 5.97 Å². The minimum absolute atomic E-state index is 0.0987. The average Bonchev–Trinajstić information content (AvgIpc) is 2.94. The first-order valence-electron chi connectivity index (χ1n) is 5.31. The number of rotatable bonds is 2. The molecule has 0 unspecified atom stereocenters. The van der Waals surface area contributed by atoms with Gasteiger partial charge >= 0.3 is 5.97 Å². The first-order chi connectivity index (χ1) is 8.66. The van der Waals surface area contributed by atoms with Gasteiger partial charge in [-0.2, -0.15) is 0 Å². The smallest absolute Gasteiger partial charge is 0.352 e. The van der Waals surface area contributed by atoms with Crippen molar-refractivity contribution >= 4 is 11.6 Å². The number of aromatic nitrogens is 3. The summed E-state index contributed by atoms with van der Waals surface area (Å²) in [5, 5.41) is 17.1. The second-order valence-electron chi connectivity index (χ2n) is 3.84. The maximum absolute atomic E-state index is 11.2. The normalized spacial score (nSPS) is 10.9. The van der Waals surface area contributed by atoms with E-state index >= 15 is 0 Å². The summed E-state index contributed by atoms with van der Waals surface area (Å²) in [4.78, 5) is 11.2. The Kier molecular flexibility index (Phi) is 2.16. The molecule has 0 aliphatic rings. The van der Waals surface area contributed by atoms with E-state index in [9.17, 15) is 9.90 Å². The number of pyridine rings is 1. The number of furan rings is 1. The van der Waals surface area contributed by atoms with Crippen molar-refractivity contribution in [2.24, 2.45) is 0 Å². The van der Waals surface area contributed by atoms with Crippen molar-refractivity contribution in [2.75, 3.05) is 0 Å². The zero-order chi connectivity index (χ0) is 12.7. The molecule has 3 aromatic rings. The SMILES string of the molecule is Cc1ccc(-c2nnc3cccc(C(=O)O)n23)o1. The maximum Gasteiger partial charge on any atom is 0.352 e. The van der Waals surface area contributed by atoms with Crippen LogP contribution < -0.4 is 0 Å². The van der Waals surface area contributed by atoms with Crippen molar-refractivity contribution in [1.82, 2.24) is 14.6 Å². The van der Waals surface area contributed by atoms with Crippen LogP contribution in [-0.4, -0.2) is 25.7 Å². The van der Waals surface area contributed by atoms with Crippen LogP contribution in [-0.2, 0) is 0 Å². The molecule has 0 fully saturated rings. The van der Waals surface area contributed by atoms with E-state index in [-0.39, 0.29) is 5.69 Å². The van der Waals surface area contributed by atoms with Gasteiger partial charge < -0.3 is 9.52 Å². The van der Waals surface area contributed by atoms with Crippen molar-refractivity contribution < 1.29 is 14.3 Å². The van der Waals surface area contributed by atoms with Gasteiger partial charge in [-0.15, -0.1) is 10.2 Å². The van der Waals surface area contributed by atoms with Gasteiger partial charge in [0.15, 0.2) is 11.4 Å². The summed E-state index contributed by atoms with van der Waals surface area (Å²) in [6.45, 7) is 1.81. The monoisotopic (exact) mass is 243 g/mol. The fourth-order valence-electron chi connectivity index (χ4n) is 1.82. The van der Waals surface area contributed by atoms with Crippen LogP contribution in [0.1, 0.15) is 16.2 Å². The number of aryl methyl sites for hydroxylation is 1. The summed E-state index contributed by atoms with van der Waals surface area (Å²) in [5.74, 6) is 0.573. The third-order valence-corrected chi connectivity index (χ3v) is 2.61. The van der Waals surface area contributed by atoms with Crippen LogP contribution in [0.4, 0.5) is 0 Å². The molecule has 3 heterocycles. The van der Waals surface area contributed by atoms with Gasteiger partial charge in [0.1, 0.15) is 11.5 Å². The number of hydrogen-bond acceptors (Lipinski definition) is 4. The lowest BCUT2D eigenvalue weighted by molar-refractivity contribution is 0.0689. The molecule has 0 aromatic carbocycles. The molecule has 0 radical (unpaired) electrons. The lowest BCUT2D eigenvalue weighted by Gasteiger charge is -2.01. The zero-order valence-electron chi connectivity index (χ0n) is 9.49. The third-order valence-electron chi connectivity index (χ3n) is 2.61. The molecule has 0 saturated carbocycles. The lowest BCUT2D eigenvalue weighted by atomic mass is 10.3. The summed E-state index contributed by atoms with van der Waals surface area (Å²) in [5.41, 5.74) is 0.570. The predicted molar refractivity (Wildman–Crippen MR) is 62.4 cm³/mol. The topological polar surface area (TPSA) is 80.6 Å². The van der Waals surface area contributed by atoms with Crippen LogP contribution in [0.15, 0.2) is 34.7 Å². The highest BCUT2D eigenvalue weighted by Crippen LogP contribution is 2.22. The fraction of sp³-hybridized carbons (Fsp3) is 0.0833. The van der Waals surface area contributed by atoms with E-state index in [4.69, 9.17) is 4.42 Å². The average molecular weight is 243 g/mol. The minimum Gasteiger partial charge on any atom is -0.477 e. The van der Waals surface area contributed by atoms with Crippen molar-refractivity contribution in [1.29, 1.82) is 0 Å². The van der Waals surface area contributed by atoms with Crippen LogP contribution in [0.25, 0.3) is 17.2 Å². The summed E-state index contributed by atoms with van der Waals surface area (Å²) in [7, 11) is 0. The van der Waals surface area contributed by atoms with E-state index in [0.717, 1.165) is 5.76 Å². The molecule has 3 rings (SSSR count). The van der Waals surface area contributed by atoms with E-state index in [1.165, 1.54) is 10.5 Å². The number of carboxylic acids is 1. The van der Waals surface area contributed by atoms with Crippen molar-refractivity contribution in [3.05, 3.63) is 41.8 Å². The Bertz CT molecular complexity index is 742. The van der Waals surface area contributed by atoms with Gasteiger partial charge in [-0.3, -0.25) is 4.40 Å². The molecule has 6 nitrogen and oxygen atoms in total. The lowest BCUT2D eigenvalue weighted by Crippen LogP contribution is -2.05. The van der Waals surface area contributed by atoms with E-state index in [0.29, 0.717) is 17.2 Å². The first-order valence-corrected chi connectivity index (χ1v) is 5.31. The minimum atomic E-state index is -1.04. The number of carboxylic acid groups (broad SMARTS) is 1. The second kappa shape index (κ2) is 3.69. The molecule has 3 aromatic heterocycles. The number of carbonyl (C=O) groups is 1. The van der Waals surface area contributed by atoms with Crippen LogP contribution in [0, 0.1) is 6.92 Å². The largest absolute Gasteiger partial charge is 0.477 e. The molecule has 0 spiro atoms. The van der Waals surface area contributed by atoms with Crippen LogP contribution in [0.3, 0.4) is 0 Å². The van der Waals surface area contributed by atoms with Gasteiger partial charge in [0.05, 0.1) is 0 Å². The van der Waals surface area contributed by atoms with Crippen molar-refractivity contribution in [3.8, 4) is 11.6 Å². The van der Waals surface area contributed by atoms with Gasteiger partial charge in [0.2, 0.25) is 5.82 Å². The van der Waals surface area contributed by atoms with E-state index in [1.807, 2.05) is 6.92 Å². The highest BCUT2D eigenvalue weighted by molar-refractivity contribution is 5.87. The van der Waals surface area contributed by atoms with Crippen LogP contribution in [0.2, 0.25) is 0 Å². The van der Waals surface area contributed by atoms with Crippen LogP contribution in [0.5, 0.6) is 0 Å². The first kappa shape index (κ1) is 10.5. The zero-order valence-corrected chi connectivity index (χ0v) is 9.49. The Morgan fingerprint density at radius 3 is 2.78 bits per heavy atom.